The van der Waals surface area contributed by atoms with E-state index in [0.29, 0.717) is 10.1 Å². The van der Waals surface area contributed by atoms with Gasteiger partial charge in [0.15, 0.2) is 5.17 Å². The Kier molecular flexibility index (Phi) is 5.21. The fraction of sp³-hybridized carbons (Fsp3) is 0. The Balaban J connectivity index is 1.54. The van der Waals surface area contributed by atoms with Gasteiger partial charge in [-0.25, -0.2) is 4.99 Å². The topological polar surface area (TPSA) is 32.7 Å². The molecule has 1 heterocycles. The van der Waals surface area contributed by atoms with Crippen LogP contribution in [0, 0.1) is 0 Å². The van der Waals surface area contributed by atoms with Crippen LogP contribution in [0.3, 0.4) is 0 Å². The molecule has 3 nitrogen and oxygen atoms in total. The van der Waals surface area contributed by atoms with Crippen molar-refractivity contribution < 1.29 is 4.79 Å². The lowest BCUT2D eigenvalue weighted by atomic mass is 9.96. The highest BCUT2D eigenvalue weighted by Crippen LogP contribution is 2.39. The van der Waals surface area contributed by atoms with E-state index in [4.69, 9.17) is 4.99 Å². The molecule has 1 aliphatic rings. The maximum atomic E-state index is 13.7. The van der Waals surface area contributed by atoms with Crippen LogP contribution >= 0.6 is 11.8 Å². The number of amidine groups is 1. The van der Waals surface area contributed by atoms with Crippen LogP contribution in [0.25, 0.3) is 27.6 Å². The van der Waals surface area contributed by atoms with Gasteiger partial charge in [0.2, 0.25) is 0 Å². The van der Waals surface area contributed by atoms with Crippen LogP contribution < -0.4 is 4.90 Å². The molecule has 0 unspecified atom stereocenters. The molecule has 0 spiro atoms. The van der Waals surface area contributed by atoms with Crippen molar-refractivity contribution in [2.24, 2.45) is 4.99 Å². The normalized spacial score (nSPS) is 16.2. The quantitative estimate of drug-likeness (QED) is 0.205. The summed E-state index contributed by atoms with van der Waals surface area (Å²) in [6, 6.07) is 38.3. The Hall–Kier alpha value is -4.15. The number of thioether (sulfide) groups is 1. The van der Waals surface area contributed by atoms with E-state index in [1.54, 1.807) is 4.90 Å². The molecule has 0 atom stereocenters. The van der Waals surface area contributed by atoms with Gasteiger partial charge in [-0.2, -0.15) is 0 Å². The zero-order valence-electron chi connectivity index (χ0n) is 18.3. The first-order valence-corrected chi connectivity index (χ1v) is 11.9. The van der Waals surface area contributed by atoms with Crippen LogP contribution in [-0.2, 0) is 4.79 Å². The van der Waals surface area contributed by atoms with Crippen molar-refractivity contribution in [3.05, 3.63) is 126 Å². The molecule has 162 valence electrons. The highest BCUT2D eigenvalue weighted by Gasteiger charge is 2.35. The molecule has 34 heavy (non-hydrogen) atoms. The van der Waals surface area contributed by atoms with E-state index < -0.39 is 0 Å². The average Bonchev–Trinajstić information content (AvgIpc) is 3.19. The lowest BCUT2D eigenvalue weighted by molar-refractivity contribution is -0.113. The second-order valence-electron chi connectivity index (χ2n) is 8.05. The third-order valence-corrected chi connectivity index (χ3v) is 6.86. The highest BCUT2D eigenvalue weighted by atomic mass is 32.2. The Morgan fingerprint density at radius 1 is 0.676 bits per heavy atom. The van der Waals surface area contributed by atoms with Crippen LogP contribution in [0.4, 0.5) is 11.4 Å². The standard InChI is InChI=1S/C30H20N2OS/c33-29-28(20-27-25-17-9-7-11-21(25)19-22-12-8-10-18-26(22)27)34-30(31-23-13-3-1-4-14-23)32(29)24-15-5-2-6-16-24/h1-20H/b28-20-,31-30?. The van der Waals surface area contributed by atoms with Crippen LogP contribution in [0.5, 0.6) is 0 Å². The molecule has 0 aromatic heterocycles. The van der Waals surface area contributed by atoms with Crippen molar-refractivity contribution in [1.82, 2.24) is 0 Å². The fourth-order valence-corrected chi connectivity index (χ4v) is 5.28. The number of benzene rings is 5. The summed E-state index contributed by atoms with van der Waals surface area (Å²) < 4.78 is 0. The fourth-order valence-electron chi connectivity index (χ4n) is 4.30. The monoisotopic (exact) mass is 456 g/mol. The summed E-state index contributed by atoms with van der Waals surface area (Å²) in [6.07, 6.45) is 2.03. The van der Waals surface area contributed by atoms with Crippen LogP contribution in [0.15, 0.2) is 125 Å². The highest BCUT2D eigenvalue weighted by molar-refractivity contribution is 8.19. The van der Waals surface area contributed by atoms with Crippen molar-refractivity contribution >= 4 is 61.8 Å². The Morgan fingerprint density at radius 3 is 1.88 bits per heavy atom. The number of rotatable bonds is 3. The number of nitrogens with zero attached hydrogens (tertiary/aromatic N) is 2. The maximum absolute atomic E-state index is 13.7. The summed E-state index contributed by atoms with van der Waals surface area (Å²) in [7, 11) is 0. The Bertz CT molecular complexity index is 1540. The first-order chi connectivity index (χ1) is 16.8. The van der Waals surface area contributed by atoms with Crippen molar-refractivity contribution in [3.63, 3.8) is 0 Å². The summed E-state index contributed by atoms with van der Waals surface area (Å²) in [5.41, 5.74) is 2.68. The number of hydrogen-bond acceptors (Lipinski definition) is 3. The van der Waals surface area contributed by atoms with Gasteiger partial charge in [0.05, 0.1) is 16.3 Å². The number of para-hydroxylation sites is 2. The summed E-state index contributed by atoms with van der Waals surface area (Å²) in [6.45, 7) is 0. The smallest absolute Gasteiger partial charge is 0.268 e. The van der Waals surface area contributed by atoms with Gasteiger partial charge in [-0.15, -0.1) is 0 Å². The average molecular weight is 457 g/mol. The van der Waals surface area contributed by atoms with Crippen LogP contribution in [0.1, 0.15) is 5.56 Å². The summed E-state index contributed by atoms with van der Waals surface area (Å²) >= 11 is 1.42. The lowest BCUT2D eigenvalue weighted by Crippen LogP contribution is -2.28. The van der Waals surface area contributed by atoms with E-state index in [1.807, 2.05) is 91.0 Å². The second-order valence-corrected chi connectivity index (χ2v) is 9.06. The van der Waals surface area contributed by atoms with Crippen LogP contribution in [0.2, 0.25) is 0 Å². The molecule has 1 saturated heterocycles. The summed E-state index contributed by atoms with van der Waals surface area (Å²) in [5, 5.41) is 5.21. The third kappa shape index (κ3) is 3.68. The number of fused-ring (bicyclic) bond motifs is 2. The lowest BCUT2D eigenvalue weighted by Gasteiger charge is -2.15. The van der Waals surface area contributed by atoms with Gasteiger partial charge in [-0.05, 0) is 75.3 Å². The molecule has 0 bridgehead atoms. The first-order valence-electron chi connectivity index (χ1n) is 11.1. The van der Waals surface area contributed by atoms with Gasteiger partial charge in [0, 0.05) is 0 Å². The number of hydrogen-bond donors (Lipinski definition) is 0. The van der Waals surface area contributed by atoms with E-state index in [1.165, 1.54) is 11.8 Å². The first kappa shape index (κ1) is 20.5. The molecule has 5 aromatic rings. The number of amides is 1. The molecular formula is C30H20N2OS. The molecule has 0 N–H and O–H groups in total. The van der Waals surface area contributed by atoms with Gasteiger partial charge < -0.3 is 0 Å². The minimum atomic E-state index is -0.0668. The van der Waals surface area contributed by atoms with E-state index in [2.05, 4.69) is 30.3 Å². The predicted molar refractivity (Wildman–Crippen MR) is 144 cm³/mol. The third-order valence-electron chi connectivity index (χ3n) is 5.89. The van der Waals surface area contributed by atoms with E-state index in [0.717, 1.165) is 38.5 Å². The molecule has 1 amide bonds. The van der Waals surface area contributed by atoms with Gasteiger partial charge in [-0.3, -0.25) is 9.69 Å². The molecule has 0 radical (unpaired) electrons. The second kappa shape index (κ2) is 8.65. The minimum absolute atomic E-state index is 0.0668. The number of aliphatic imine (C=N–C) groups is 1. The summed E-state index contributed by atoms with van der Waals surface area (Å²) in [4.78, 5) is 20.9. The molecule has 1 fully saturated rings. The number of anilines is 1. The van der Waals surface area contributed by atoms with Gasteiger partial charge in [0.25, 0.3) is 5.91 Å². The molecule has 5 aromatic carbocycles. The summed E-state index contributed by atoms with van der Waals surface area (Å²) in [5.74, 6) is -0.0668. The molecule has 6 rings (SSSR count). The maximum Gasteiger partial charge on any atom is 0.271 e. The van der Waals surface area contributed by atoms with Gasteiger partial charge in [0.1, 0.15) is 0 Å². The number of carbonyl (C=O) groups is 1. The zero-order valence-corrected chi connectivity index (χ0v) is 19.1. The molecule has 0 aliphatic carbocycles. The van der Waals surface area contributed by atoms with Crippen molar-refractivity contribution in [2.45, 2.75) is 0 Å². The van der Waals surface area contributed by atoms with Gasteiger partial charge in [-0.1, -0.05) is 84.9 Å². The molecule has 1 aliphatic heterocycles. The number of carbonyl (C=O) groups excluding carboxylic acids is 1. The van der Waals surface area contributed by atoms with E-state index in [-0.39, 0.29) is 5.91 Å². The zero-order chi connectivity index (χ0) is 22.9. The van der Waals surface area contributed by atoms with Crippen molar-refractivity contribution in [2.75, 3.05) is 4.90 Å². The van der Waals surface area contributed by atoms with Crippen molar-refractivity contribution in [1.29, 1.82) is 0 Å². The predicted octanol–water partition coefficient (Wildman–Crippen LogP) is 7.80. The van der Waals surface area contributed by atoms with Crippen molar-refractivity contribution in [3.8, 4) is 0 Å². The largest absolute Gasteiger partial charge is 0.271 e. The van der Waals surface area contributed by atoms with Gasteiger partial charge >= 0.3 is 0 Å². The van der Waals surface area contributed by atoms with E-state index in [9.17, 15) is 4.79 Å². The minimum Gasteiger partial charge on any atom is -0.268 e. The molecular weight excluding hydrogens is 436 g/mol. The molecule has 4 heteroatoms. The Morgan fingerprint density at radius 2 is 1.24 bits per heavy atom. The Labute approximate surface area is 202 Å². The molecule has 0 saturated carbocycles. The van der Waals surface area contributed by atoms with E-state index >= 15 is 0 Å². The van der Waals surface area contributed by atoms with Crippen LogP contribution in [-0.4, -0.2) is 11.1 Å². The SMILES string of the molecule is O=C1/C(=C/c2c3ccccc3cc3ccccc23)SC(=Nc2ccccc2)N1c1ccccc1.